The van der Waals surface area contributed by atoms with Crippen LogP contribution >= 0.6 is 0 Å². The number of aliphatic hydroxyl groups is 1. The van der Waals surface area contributed by atoms with Crippen LogP contribution < -0.4 is 14.8 Å². The van der Waals surface area contributed by atoms with E-state index in [0.717, 1.165) is 0 Å². The van der Waals surface area contributed by atoms with E-state index in [1.807, 2.05) is 19.1 Å². The van der Waals surface area contributed by atoms with Crippen molar-refractivity contribution in [3.8, 4) is 23.5 Å². The monoisotopic (exact) mass is 510 g/mol. The van der Waals surface area contributed by atoms with Crippen LogP contribution in [-0.4, -0.2) is 91.5 Å². The number of hydrogen-bond donors (Lipinski definition) is 2. The summed E-state index contributed by atoms with van der Waals surface area (Å²) < 4.78 is 16.5. The second-order valence-corrected chi connectivity index (χ2v) is 8.95. The number of ether oxygens (including phenoxy) is 3. The largest absolute Gasteiger partial charge is 0.495 e. The molecule has 1 aromatic carbocycles. The average Bonchev–Trinajstić information content (AvgIpc) is 2.90. The number of anilines is 1. The zero-order valence-corrected chi connectivity index (χ0v) is 21.9. The summed E-state index contributed by atoms with van der Waals surface area (Å²) in [5.41, 5.74) is 1.35. The Hall–Kier alpha value is -3.81. The molecule has 0 aliphatic carbocycles. The summed E-state index contributed by atoms with van der Waals surface area (Å²) in [7, 11) is 4.76. The molecule has 3 amide bonds. The maximum Gasteiger partial charge on any atom is 0.321 e. The molecule has 0 bridgehead atoms. The Balaban J connectivity index is 1.87. The molecule has 0 saturated carbocycles. The fourth-order valence-electron chi connectivity index (χ4n) is 3.91. The Bertz CT molecular complexity index is 1160. The summed E-state index contributed by atoms with van der Waals surface area (Å²) in [4.78, 5) is 33.9. The third-order valence-corrected chi connectivity index (χ3v) is 6.12. The van der Waals surface area contributed by atoms with Crippen LogP contribution in [0.1, 0.15) is 29.8 Å². The van der Waals surface area contributed by atoms with Crippen molar-refractivity contribution in [3.05, 3.63) is 47.7 Å². The maximum absolute atomic E-state index is 13.5. The first kappa shape index (κ1) is 27.8. The number of likely N-dealkylation sites (N-methyl/N-ethyl adjacent to an activating group) is 1. The molecule has 0 saturated heterocycles. The van der Waals surface area contributed by atoms with Crippen molar-refractivity contribution < 1.29 is 28.9 Å². The van der Waals surface area contributed by atoms with Gasteiger partial charge in [-0.25, -0.2) is 9.78 Å². The summed E-state index contributed by atoms with van der Waals surface area (Å²) >= 11 is 0. The van der Waals surface area contributed by atoms with E-state index >= 15 is 0 Å². The lowest BCUT2D eigenvalue weighted by Gasteiger charge is -2.37. The Labute approximate surface area is 217 Å². The summed E-state index contributed by atoms with van der Waals surface area (Å²) in [5.74, 6) is 6.02. The number of aromatic nitrogens is 1. The Kier molecular flexibility index (Phi) is 9.71. The molecular formula is C27H34N4O6. The Morgan fingerprint density at radius 3 is 2.84 bits per heavy atom. The van der Waals surface area contributed by atoms with Gasteiger partial charge in [0.05, 0.1) is 32.0 Å². The van der Waals surface area contributed by atoms with Crippen molar-refractivity contribution in [3.63, 3.8) is 0 Å². The predicted octanol–water partition coefficient (Wildman–Crippen LogP) is 2.47. The van der Waals surface area contributed by atoms with Crippen LogP contribution in [0.2, 0.25) is 0 Å². The number of carbonyl (C=O) groups is 2. The standard InChI is InChI=1S/C27H34N4O6/c1-18-15-31(19(2)17-32)26(33)21-13-20(9-8-12-35-4)14-28-25(21)37-24(18)16-30(3)27(34)29-22-10-6-7-11-23(22)36-5/h6-7,10-11,13-14,18-19,24,32H,12,15-17H2,1-5H3,(H,29,34)/t18-,19-,24-/m1/s1. The number of aliphatic hydroxyl groups excluding tert-OH is 1. The molecule has 3 atom stereocenters. The molecule has 1 aliphatic heterocycles. The van der Waals surface area contributed by atoms with Gasteiger partial charge in [0.25, 0.3) is 5.91 Å². The van der Waals surface area contributed by atoms with Gasteiger partial charge in [0, 0.05) is 38.4 Å². The van der Waals surface area contributed by atoms with Crippen molar-refractivity contribution >= 4 is 17.6 Å². The molecule has 10 heteroatoms. The second-order valence-electron chi connectivity index (χ2n) is 8.95. The first-order valence-electron chi connectivity index (χ1n) is 12.0. The lowest BCUT2D eigenvalue weighted by molar-refractivity contribution is 0.0356. The number of benzene rings is 1. The van der Waals surface area contributed by atoms with Gasteiger partial charge in [0.2, 0.25) is 5.88 Å². The van der Waals surface area contributed by atoms with E-state index in [1.54, 1.807) is 44.2 Å². The fraction of sp³-hybridized carbons (Fsp3) is 0.444. The van der Waals surface area contributed by atoms with Crippen molar-refractivity contribution in [1.82, 2.24) is 14.8 Å². The molecule has 1 aromatic heterocycles. The molecule has 0 fully saturated rings. The quantitative estimate of drug-likeness (QED) is 0.550. The highest BCUT2D eigenvalue weighted by molar-refractivity contribution is 5.97. The van der Waals surface area contributed by atoms with E-state index in [0.29, 0.717) is 23.5 Å². The van der Waals surface area contributed by atoms with Crippen LogP contribution in [0, 0.1) is 17.8 Å². The second kappa shape index (κ2) is 12.9. The molecule has 0 radical (unpaired) electrons. The van der Waals surface area contributed by atoms with Gasteiger partial charge in [0.15, 0.2) is 0 Å². The van der Waals surface area contributed by atoms with Gasteiger partial charge in [-0.1, -0.05) is 30.9 Å². The molecule has 2 N–H and O–H groups in total. The molecule has 0 spiro atoms. The van der Waals surface area contributed by atoms with Crippen LogP contribution in [0.15, 0.2) is 36.5 Å². The first-order valence-corrected chi connectivity index (χ1v) is 12.0. The molecule has 2 aromatic rings. The minimum Gasteiger partial charge on any atom is -0.495 e. The number of nitrogens with zero attached hydrogens (tertiary/aromatic N) is 3. The third kappa shape index (κ3) is 6.90. The summed E-state index contributed by atoms with van der Waals surface area (Å²) in [6.07, 6.45) is 1.06. The number of nitrogens with one attached hydrogen (secondary N) is 1. The van der Waals surface area contributed by atoms with Gasteiger partial charge in [-0.15, -0.1) is 0 Å². The van der Waals surface area contributed by atoms with E-state index < -0.39 is 12.1 Å². The number of urea groups is 1. The molecular weight excluding hydrogens is 476 g/mol. The Morgan fingerprint density at radius 1 is 1.38 bits per heavy atom. The van der Waals surface area contributed by atoms with Gasteiger partial charge in [-0.3, -0.25) is 4.79 Å². The first-order chi connectivity index (χ1) is 17.8. The summed E-state index contributed by atoms with van der Waals surface area (Å²) in [5, 5.41) is 12.7. The Morgan fingerprint density at radius 2 is 2.14 bits per heavy atom. The lowest BCUT2D eigenvalue weighted by Crippen LogP contribution is -2.50. The van der Waals surface area contributed by atoms with Crippen LogP contribution in [0.5, 0.6) is 11.6 Å². The lowest BCUT2D eigenvalue weighted by atomic mass is 10.00. The van der Waals surface area contributed by atoms with Gasteiger partial charge in [0.1, 0.15) is 24.0 Å². The SMILES string of the molecule is COCC#Cc1cnc2c(c1)C(=O)N([C@H](C)CO)C[C@@H](C)[C@@H](CN(C)C(=O)Nc1ccccc1OC)O2. The zero-order valence-electron chi connectivity index (χ0n) is 21.9. The van der Waals surface area contributed by atoms with E-state index in [-0.39, 0.29) is 49.1 Å². The number of methoxy groups -OCH3 is 2. The van der Waals surface area contributed by atoms with E-state index in [2.05, 4.69) is 22.1 Å². The normalized spacial score (nSPS) is 17.8. The van der Waals surface area contributed by atoms with Gasteiger partial charge >= 0.3 is 6.03 Å². The molecule has 198 valence electrons. The molecule has 10 nitrogen and oxygen atoms in total. The van der Waals surface area contributed by atoms with Gasteiger partial charge in [-0.05, 0) is 25.1 Å². The zero-order chi connectivity index (χ0) is 26.9. The minimum atomic E-state index is -0.480. The van der Waals surface area contributed by atoms with Gasteiger partial charge < -0.3 is 34.4 Å². The molecule has 2 heterocycles. The molecule has 37 heavy (non-hydrogen) atoms. The number of para-hydroxylation sites is 2. The summed E-state index contributed by atoms with van der Waals surface area (Å²) in [6, 6.07) is 8.03. The number of rotatable bonds is 7. The van der Waals surface area contributed by atoms with Crippen molar-refractivity contribution in [2.24, 2.45) is 5.92 Å². The number of amides is 3. The number of pyridine rings is 1. The third-order valence-electron chi connectivity index (χ3n) is 6.12. The van der Waals surface area contributed by atoms with Crippen LogP contribution in [-0.2, 0) is 4.74 Å². The predicted molar refractivity (Wildman–Crippen MR) is 139 cm³/mol. The molecule has 1 aliphatic rings. The molecule has 0 unspecified atom stereocenters. The van der Waals surface area contributed by atoms with E-state index in [1.165, 1.54) is 18.2 Å². The molecule has 3 rings (SSSR count). The highest BCUT2D eigenvalue weighted by atomic mass is 16.5. The minimum absolute atomic E-state index is 0.160. The van der Waals surface area contributed by atoms with Gasteiger partial charge in [-0.2, -0.15) is 0 Å². The highest BCUT2D eigenvalue weighted by Gasteiger charge is 2.34. The van der Waals surface area contributed by atoms with Crippen LogP contribution in [0.25, 0.3) is 0 Å². The van der Waals surface area contributed by atoms with Crippen molar-refractivity contribution in [1.29, 1.82) is 0 Å². The van der Waals surface area contributed by atoms with Crippen LogP contribution in [0.3, 0.4) is 0 Å². The number of hydrogen-bond acceptors (Lipinski definition) is 7. The van der Waals surface area contributed by atoms with Crippen molar-refractivity contribution in [2.75, 3.05) is 52.9 Å². The summed E-state index contributed by atoms with van der Waals surface area (Å²) in [6.45, 7) is 4.33. The number of carbonyl (C=O) groups excluding carboxylic acids is 2. The topological polar surface area (TPSA) is 113 Å². The van der Waals surface area contributed by atoms with E-state index in [4.69, 9.17) is 14.2 Å². The maximum atomic E-state index is 13.5. The van der Waals surface area contributed by atoms with Crippen LogP contribution in [0.4, 0.5) is 10.5 Å². The highest BCUT2D eigenvalue weighted by Crippen LogP contribution is 2.28. The van der Waals surface area contributed by atoms with Crippen molar-refractivity contribution in [2.45, 2.75) is 26.0 Å². The average molecular weight is 511 g/mol. The smallest absolute Gasteiger partial charge is 0.321 e. The number of fused-ring (bicyclic) bond motifs is 1. The van der Waals surface area contributed by atoms with E-state index in [9.17, 15) is 14.7 Å². The fourth-order valence-corrected chi connectivity index (χ4v) is 3.91.